The van der Waals surface area contributed by atoms with Crippen LogP contribution in [0.1, 0.15) is 43.5 Å². The van der Waals surface area contributed by atoms with Gasteiger partial charge in [0.2, 0.25) is 0 Å². The molecule has 0 aliphatic rings. The number of hydrogen-bond acceptors (Lipinski definition) is 2. The highest BCUT2D eigenvalue weighted by Gasteiger charge is 2.07. The van der Waals surface area contributed by atoms with Gasteiger partial charge < -0.3 is 5.73 Å². The van der Waals surface area contributed by atoms with Crippen molar-refractivity contribution in [2.24, 2.45) is 5.73 Å². The van der Waals surface area contributed by atoms with E-state index >= 15 is 0 Å². The third-order valence-corrected chi connectivity index (χ3v) is 3.83. The number of unbranched alkanes of at least 4 members (excludes halogenated alkanes) is 2. The van der Waals surface area contributed by atoms with Crippen LogP contribution < -0.4 is 5.73 Å². The van der Waals surface area contributed by atoms with Gasteiger partial charge in [-0.2, -0.15) is 0 Å². The van der Waals surface area contributed by atoms with Gasteiger partial charge in [0.05, 0.1) is 3.79 Å². The highest BCUT2D eigenvalue weighted by Crippen LogP contribution is 2.28. The fourth-order valence-corrected chi connectivity index (χ4v) is 2.74. The molecule has 0 aliphatic heterocycles. The van der Waals surface area contributed by atoms with E-state index in [9.17, 15) is 0 Å². The maximum Gasteiger partial charge on any atom is 0.0701 e. The lowest BCUT2D eigenvalue weighted by Gasteiger charge is -2.07. The Labute approximate surface area is 105 Å². The van der Waals surface area contributed by atoms with Crippen LogP contribution in [0.4, 0.5) is 0 Å². The molecule has 0 amide bonds. The highest BCUT2D eigenvalue weighted by atomic mass is 79.9. The largest absolute Gasteiger partial charge is 0.323 e. The van der Waals surface area contributed by atoms with Crippen molar-refractivity contribution >= 4 is 39.7 Å². The molecule has 1 aromatic rings. The zero-order valence-corrected chi connectivity index (χ0v) is 11.6. The minimum absolute atomic E-state index is 0. The van der Waals surface area contributed by atoms with Gasteiger partial charge in [-0.3, -0.25) is 0 Å². The Morgan fingerprint density at radius 1 is 1.43 bits per heavy atom. The van der Waals surface area contributed by atoms with Crippen molar-refractivity contribution in [2.45, 2.75) is 38.6 Å². The third kappa shape index (κ3) is 4.78. The molecule has 0 fully saturated rings. The first-order valence-electron chi connectivity index (χ1n) is 4.75. The van der Waals surface area contributed by atoms with E-state index in [0.29, 0.717) is 0 Å². The Hall–Kier alpha value is 0.430. The number of halogens is 2. The maximum absolute atomic E-state index is 6.04. The number of nitrogens with two attached hydrogens (primary N) is 1. The topological polar surface area (TPSA) is 26.0 Å². The molecule has 2 N–H and O–H groups in total. The zero-order chi connectivity index (χ0) is 9.68. The molecular weight excluding hydrogens is 282 g/mol. The van der Waals surface area contributed by atoms with Gasteiger partial charge in [0.25, 0.3) is 0 Å². The average Bonchev–Trinajstić information content (AvgIpc) is 2.52. The molecule has 1 rings (SSSR count). The van der Waals surface area contributed by atoms with E-state index in [0.717, 1.165) is 6.42 Å². The van der Waals surface area contributed by atoms with Crippen LogP contribution in [0.15, 0.2) is 15.9 Å². The molecule has 0 spiro atoms. The molecule has 1 aromatic heterocycles. The van der Waals surface area contributed by atoms with Crippen molar-refractivity contribution in [2.75, 3.05) is 0 Å². The van der Waals surface area contributed by atoms with Crippen LogP contribution in [-0.4, -0.2) is 0 Å². The normalized spacial score (nSPS) is 12.2. The van der Waals surface area contributed by atoms with Crippen LogP contribution in [0.2, 0.25) is 0 Å². The van der Waals surface area contributed by atoms with Gasteiger partial charge in [-0.05, 0) is 34.5 Å². The lowest BCUT2D eigenvalue weighted by Crippen LogP contribution is -2.07. The predicted octanol–water partition coefficient (Wildman–Crippen LogP) is 4.51. The summed E-state index contributed by atoms with van der Waals surface area (Å²) in [5, 5.41) is 0. The fraction of sp³-hybridized carbons (Fsp3) is 0.600. The summed E-state index contributed by atoms with van der Waals surface area (Å²) in [4.78, 5) is 1.29. The highest BCUT2D eigenvalue weighted by molar-refractivity contribution is 9.11. The Bertz CT molecular complexity index is 252. The van der Waals surface area contributed by atoms with Gasteiger partial charge in [-0.25, -0.2) is 0 Å². The first-order chi connectivity index (χ1) is 6.24. The van der Waals surface area contributed by atoms with E-state index in [1.165, 1.54) is 27.9 Å². The molecule has 0 bridgehead atoms. The quantitative estimate of drug-likeness (QED) is 0.795. The monoisotopic (exact) mass is 297 g/mol. The van der Waals surface area contributed by atoms with E-state index in [2.05, 4.69) is 35.0 Å². The standard InChI is InChI=1S/C10H16BrNS.ClH/c1-2-3-4-5-8(12)9-6-7-10(11)13-9;/h6-8H,2-5,12H2,1H3;1H/t8-;/m0./s1. The number of rotatable bonds is 5. The molecule has 14 heavy (non-hydrogen) atoms. The van der Waals surface area contributed by atoms with Crippen molar-refractivity contribution in [3.05, 3.63) is 20.8 Å². The summed E-state index contributed by atoms with van der Waals surface area (Å²) in [7, 11) is 0. The molecular formula is C10H17BrClNS. The molecule has 0 saturated carbocycles. The summed E-state index contributed by atoms with van der Waals surface area (Å²) in [5.41, 5.74) is 6.04. The summed E-state index contributed by atoms with van der Waals surface area (Å²) >= 11 is 5.19. The van der Waals surface area contributed by atoms with Crippen molar-refractivity contribution in [1.82, 2.24) is 0 Å². The van der Waals surface area contributed by atoms with E-state index in [1.807, 2.05) is 0 Å². The van der Waals surface area contributed by atoms with Gasteiger partial charge in [0.15, 0.2) is 0 Å². The van der Waals surface area contributed by atoms with Gasteiger partial charge >= 0.3 is 0 Å². The minimum Gasteiger partial charge on any atom is -0.323 e. The summed E-state index contributed by atoms with van der Waals surface area (Å²) in [6.45, 7) is 2.22. The first kappa shape index (κ1) is 14.4. The number of hydrogen-bond donors (Lipinski definition) is 1. The van der Waals surface area contributed by atoms with Crippen LogP contribution in [0.25, 0.3) is 0 Å². The van der Waals surface area contributed by atoms with E-state index < -0.39 is 0 Å². The van der Waals surface area contributed by atoms with Gasteiger partial charge in [0.1, 0.15) is 0 Å². The SMILES string of the molecule is CCCCC[C@H](N)c1ccc(Br)s1.Cl. The minimum atomic E-state index is 0. The maximum atomic E-state index is 6.04. The molecule has 4 heteroatoms. The lowest BCUT2D eigenvalue weighted by molar-refractivity contribution is 0.587. The van der Waals surface area contributed by atoms with Gasteiger partial charge in [0, 0.05) is 10.9 Å². The van der Waals surface area contributed by atoms with Gasteiger partial charge in [-0.1, -0.05) is 26.2 Å². The molecule has 1 nitrogen and oxygen atoms in total. The molecule has 82 valence electrons. The third-order valence-electron chi connectivity index (χ3n) is 2.08. The lowest BCUT2D eigenvalue weighted by atomic mass is 10.1. The summed E-state index contributed by atoms with van der Waals surface area (Å²) in [5.74, 6) is 0. The molecule has 0 saturated heterocycles. The van der Waals surface area contributed by atoms with Crippen LogP contribution in [0.3, 0.4) is 0 Å². The van der Waals surface area contributed by atoms with Crippen molar-refractivity contribution in [3.63, 3.8) is 0 Å². The molecule has 1 atom stereocenters. The second kappa shape index (κ2) is 7.69. The van der Waals surface area contributed by atoms with Crippen molar-refractivity contribution in [1.29, 1.82) is 0 Å². The Morgan fingerprint density at radius 2 is 2.14 bits per heavy atom. The van der Waals surface area contributed by atoms with Crippen LogP contribution in [0, 0.1) is 0 Å². The Morgan fingerprint density at radius 3 is 2.64 bits per heavy atom. The van der Waals surface area contributed by atoms with Gasteiger partial charge in [-0.15, -0.1) is 23.7 Å². The Balaban J connectivity index is 0.00000169. The van der Waals surface area contributed by atoms with E-state index in [4.69, 9.17) is 5.73 Å². The average molecular weight is 299 g/mol. The van der Waals surface area contributed by atoms with Crippen molar-refractivity contribution in [3.8, 4) is 0 Å². The zero-order valence-electron chi connectivity index (χ0n) is 8.33. The second-order valence-electron chi connectivity index (χ2n) is 3.24. The van der Waals surface area contributed by atoms with Crippen LogP contribution in [-0.2, 0) is 0 Å². The molecule has 0 unspecified atom stereocenters. The predicted molar refractivity (Wildman–Crippen MR) is 70.3 cm³/mol. The molecule has 0 aromatic carbocycles. The van der Waals surface area contributed by atoms with Crippen LogP contribution >= 0.6 is 39.7 Å². The number of thiophene rings is 1. The second-order valence-corrected chi connectivity index (χ2v) is 5.74. The summed E-state index contributed by atoms with van der Waals surface area (Å²) < 4.78 is 1.17. The summed E-state index contributed by atoms with van der Waals surface area (Å²) in [6, 6.07) is 4.42. The van der Waals surface area contributed by atoms with Crippen LogP contribution in [0.5, 0.6) is 0 Å². The van der Waals surface area contributed by atoms with Crippen molar-refractivity contribution < 1.29 is 0 Å². The smallest absolute Gasteiger partial charge is 0.0701 e. The molecule has 0 aliphatic carbocycles. The molecule has 1 heterocycles. The molecule has 0 radical (unpaired) electrons. The van der Waals surface area contributed by atoms with E-state index in [1.54, 1.807) is 11.3 Å². The Kier molecular flexibility index (Phi) is 7.92. The first-order valence-corrected chi connectivity index (χ1v) is 6.35. The fourth-order valence-electron chi connectivity index (χ4n) is 1.28. The van der Waals surface area contributed by atoms with E-state index in [-0.39, 0.29) is 18.4 Å². The summed E-state index contributed by atoms with van der Waals surface area (Å²) in [6.07, 6.45) is 4.91.